The van der Waals surface area contributed by atoms with Crippen molar-refractivity contribution >= 4 is 0 Å². The summed E-state index contributed by atoms with van der Waals surface area (Å²) in [5.41, 5.74) is 3.95. The van der Waals surface area contributed by atoms with Crippen molar-refractivity contribution in [2.45, 2.75) is 66.0 Å². The monoisotopic (exact) mass is 271 g/mol. The van der Waals surface area contributed by atoms with E-state index in [2.05, 4.69) is 57.3 Å². The average Bonchev–Trinajstić information content (AvgIpc) is 2.90. The molecule has 20 heavy (non-hydrogen) atoms. The van der Waals surface area contributed by atoms with Gasteiger partial charge in [0.15, 0.2) is 0 Å². The van der Waals surface area contributed by atoms with Crippen molar-refractivity contribution in [2.24, 2.45) is 16.7 Å². The molecular weight excluding hydrogens is 242 g/mol. The molecule has 1 N–H and O–H groups in total. The number of aryl methyl sites for hydroxylation is 1. The highest BCUT2D eigenvalue weighted by Gasteiger charge is 2.58. The van der Waals surface area contributed by atoms with Crippen LogP contribution in [0.5, 0.6) is 0 Å². The van der Waals surface area contributed by atoms with Crippen molar-refractivity contribution in [3.8, 4) is 0 Å². The topological polar surface area (TPSA) is 12.0 Å². The van der Waals surface area contributed by atoms with Gasteiger partial charge >= 0.3 is 0 Å². The Hall–Kier alpha value is -0.820. The minimum absolute atomic E-state index is 0.453. The Kier molecular flexibility index (Phi) is 3.44. The predicted molar refractivity (Wildman–Crippen MR) is 85.7 cm³/mol. The summed E-state index contributed by atoms with van der Waals surface area (Å²) in [6.45, 7) is 10.7. The van der Waals surface area contributed by atoms with Crippen LogP contribution in [0.2, 0.25) is 0 Å². The average molecular weight is 271 g/mol. The molecule has 2 bridgehead atoms. The molecule has 0 aliphatic heterocycles. The quantitative estimate of drug-likeness (QED) is 0.847. The van der Waals surface area contributed by atoms with E-state index in [0.717, 1.165) is 18.9 Å². The summed E-state index contributed by atoms with van der Waals surface area (Å²) >= 11 is 0. The molecule has 0 radical (unpaired) electrons. The molecule has 1 aromatic rings. The van der Waals surface area contributed by atoms with Crippen molar-refractivity contribution in [3.05, 3.63) is 35.4 Å². The van der Waals surface area contributed by atoms with E-state index in [1.165, 1.54) is 30.4 Å². The second kappa shape index (κ2) is 4.87. The molecule has 0 spiro atoms. The van der Waals surface area contributed by atoms with E-state index >= 15 is 0 Å². The van der Waals surface area contributed by atoms with Gasteiger partial charge in [0, 0.05) is 12.6 Å². The van der Waals surface area contributed by atoms with Crippen molar-refractivity contribution in [1.82, 2.24) is 5.32 Å². The zero-order valence-electron chi connectivity index (χ0n) is 13.5. The molecule has 0 aromatic heterocycles. The Morgan fingerprint density at radius 2 is 1.85 bits per heavy atom. The van der Waals surface area contributed by atoms with E-state index in [-0.39, 0.29) is 0 Å². The van der Waals surface area contributed by atoms with Crippen LogP contribution in [-0.2, 0) is 13.0 Å². The van der Waals surface area contributed by atoms with Gasteiger partial charge in [0.25, 0.3) is 0 Å². The summed E-state index contributed by atoms with van der Waals surface area (Å²) in [5, 5.41) is 3.93. The summed E-state index contributed by atoms with van der Waals surface area (Å²) in [5.74, 6) is 0.923. The largest absolute Gasteiger partial charge is 0.309 e. The number of benzene rings is 1. The molecule has 1 unspecified atom stereocenters. The van der Waals surface area contributed by atoms with Gasteiger partial charge in [-0.1, -0.05) is 52.0 Å². The maximum atomic E-state index is 3.93. The fourth-order valence-corrected chi connectivity index (χ4v) is 5.10. The Labute approximate surface area is 124 Å². The number of hydrogen-bond acceptors (Lipinski definition) is 1. The van der Waals surface area contributed by atoms with Crippen LogP contribution in [0.4, 0.5) is 0 Å². The Morgan fingerprint density at radius 3 is 2.45 bits per heavy atom. The van der Waals surface area contributed by atoms with Gasteiger partial charge in [-0.05, 0) is 53.6 Å². The van der Waals surface area contributed by atoms with Crippen LogP contribution in [0.1, 0.15) is 58.1 Å². The van der Waals surface area contributed by atoms with E-state index in [1.54, 1.807) is 0 Å². The highest BCUT2D eigenvalue weighted by atomic mass is 15.0. The normalized spacial score (nSPS) is 34.6. The zero-order valence-corrected chi connectivity index (χ0v) is 13.5. The van der Waals surface area contributed by atoms with Crippen LogP contribution >= 0.6 is 0 Å². The molecule has 1 nitrogen and oxygen atoms in total. The summed E-state index contributed by atoms with van der Waals surface area (Å²) in [6, 6.07) is 9.55. The second-order valence-corrected chi connectivity index (χ2v) is 7.85. The van der Waals surface area contributed by atoms with Gasteiger partial charge in [0.05, 0.1) is 0 Å². The minimum atomic E-state index is 0.453. The Balaban J connectivity index is 1.75. The Bertz CT molecular complexity index is 486. The first kappa shape index (κ1) is 14.1. The maximum absolute atomic E-state index is 3.93. The molecule has 3 rings (SSSR count). The van der Waals surface area contributed by atoms with Crippen LogP contribution in [0, 0.1) is 16.7 Å². The molecule has 0 saturated heterocycles. The molecule has 2 aliphatic carbocycles. The van der Waals surface area contributed by atoms with Gasteiger partial charge in [-0.2, -0.15) is 0 Å². The predicted octanol–water partition coefficient (Wildman–Crippen LogP) is 4.55. The van der Waals surface area contributed by atoms with Crippen LogP contribution in [0.15, 0.2) is 24.3 Å². The first-order valence-corrected chi connectivity index (χ1v) is 8.27. The van der Waals surface area contributed by atoms with Gasteiger partial charge < -0.3 is 5.32 Å². The first-order valence-electron chi connectivity index (χ1n) is 8.27. The third-order valence-electron chi connectivity index (χ3n) is 6.27. The third-order valence-corrected chi connectivity index (χ3v) is 6.27. The van der Waals surface area contributed by atoms with E-state index in [9.17, 15) is 0 Å². The fraction of sp³-hybridized carbons (Fsp3) is 0.684. The van der Waals surface area contributed by atoms with E-state index in [4.69, 9.17) is 0 Å². The molecule has 1 aromatic carbocycles. The lowest BCUT2D eigenvalue weighted by Crippen LogP contribution is -2.50. The van der Waals surface area contributed by atoms with Crippen molar-refractivity contribution in [2.75, 3.05) is 0 Å². The summed E-state index contributed by atoms with van der Waals surface area (Å²) in [7, 11) is 0. The van der Waals surface area contributed by atoms with Gasteiger partial charge in [-0.15, -0.1) is 0 Å². The summed E-state index contributed by atoms with van der Waals surface area (Å²) in [4.78, 5) is 0. The highest BCUT2D eigenvalue weighted by molar-refractivity contribution is 5.27. The van der Waals surface area contributed by atoms with Gasteiger partial charge in [0.1, 0.15) is 0 Å². The van der Waals surface area contributed by atoms with Gasteiger partial charge in [-0.3, -0.25) is 0 Å². The number of nitrogens with one attached hydrogen (secondary N) is 1. The molecule has 2 aliphatic rings. The highest BCUT2D eigenvalue weighted by Crippen LogP contribution is 2.62. The summed E-state index contributed by atoms with van der Waals surface area (Å²) < 4.78 is 0. The second-order valence-electron chi connectivity index (χ2n) is 7.85. The smallest absolute Gasteiger partial charge is 0.0211 e. The number of fused-ring (bicyclic) bond motifs is 2. The van der Waals surface area contributed by atoms with E-state index in [1.807, 2.05) is 0 Å². The zero-order chi connectivity index (χ0) is 14.4. The van der Waals surface area contributed by atoms with Crippen molar-refractivity contribution in [3.63, 3.8) is 0 Å². The van der Waals surface area contributed by atoms with Crippen LogP contribution < -0.4 is 5.32 Å². The third kappa shape index (κ3) is 2.11. The molecule has 2 saturated carbocycles. The Morgan fingerprint density at radius 1 is 1.15 bits per heavy atom. The lowest BCUT2D eigenvalue weighted by Gasteiger charge is -2.43. The molecule has 1 heteroatoms. The van der Waals surface area contributed by atoms with Gasteiger partial charge in [-0.25, -0.2) is 0 Å². The lowest BCUT2D eigenvalue weighted by atomic mass is 9.68. The molecule has 110 valence electrons. The molecular formula is C19H29N. The standard InChI is InChI=1S/C19H29N/c1-5-14-8-6-7-9-15(14)13-20-17-18(2,3)16-10-11-19(17,4)12-16/h6-9,16-17,20H,5,10-13H2,1-4H3/t16-,17?,19+/m0/s1. The molecule has 0 heterocycles. The number of rotatable bonds is 4. The van der Waals surface area contributed by atoms with Gasteiger partial charge in [0.2, 0.25) is 0 Å². The first-order chi connectivity index (χ1) is 9.47. The van der Waals surface area contributed by atoms with Crippen LogP contribution in [0.25, 0.3) is 0 Å². The minimum Gasteiger partial charge on any atom is -0.309 e. The van der Waals surface area contributed by atoms with Crippen LogP contribution in [0.3, 0.4) is 0 Å². The van der Waals surface area contributed by atoms with Crippen molar-refractivity contribution < 1.29 is 0 Å². The maximum Gasteiger partial charge on any atom is 0.0211 e. The number of hydrogen-bond donors (Lipinski definition) is 1. The van der Waals surface area contributed by atoms with E-state index in [0.29, 0.717) is 16.9 Å². The molecule has 0 amide bonds. The van der Waals surface area contributed by atoms with Crippen molar-refractivity contribution in [1.29, 1.82) is 0 Å². The lowest BCUT2D eigenvalue weighted by molar-refractivity contribution is 0.108. The summed E-state index contributed by atoms with van der Waals surface area (Å²) in [6.07, 6.45) is 5.40. The SMILES string of the molecule is CCc1ccccc1CNC1C(C)(C)[C@H]2CC[C@]1(C)C2. The van der Waals surface area contributed by atoms with Crippen LogP contribution in [-0.4, -0.2) is 6.04 Å². The fourth-order valence-electron chi connectivity index (χ4n) is 5.10. The molecule has 3 atom stereocenters. The molecule has 2 fully saturated rings. The van der Waals surface area contributed by atoms with E-state index < -0.39 is 0 Å².